The maximum absolute atomic E-state index is 12.0. The van der Waals surface area contributed by atoms with Crippen LogP contribution in [0.1, 0.15) is 12.8 Å². The Morgan fingerprint density at radius 1 is 1.19 bits per heavy atom. The molecule has 0 bridgehead atoms. The molecule has 0 radical (unpaired) electrons. The zero-order chi connectivity index (χ0) is 19.1. The van der Waals surface area contributed by atoms with Crippen LogP contribution < -0.4 is 4.90 Å². The molecule has 2 saturated heterocycles. The van der Waals surface area contributed by atoms with E-state index in [0.717, 1.165) is 0 Å². The van der Waals surface area contributed by atoms with E-state index in [4.69, 9.17) is 28.3 Å². The van der Waals surface area contributed by atoms with Crippen LogP contribution in [0.3, 0.4) is 0 Å². The Hall–Kier alpha value is -1.29. The fourth-order valence-corrected chi connectivity index (χ4v) is 7.37. The van der Waals surface area contributed by atoms with Crippen molar-refractivity contribution < 1.29 is 23.1 Å². The monoisotopic (exact) mass is 436 g/mol. The standard InChI is InChI=1S/C15H14Cl2N2O5S2/c16-8-3-9(17)5-10(4-8)19-11-6-26(23,24)7-12(11)25-15(19)18-13(20)1-2-14(21)22/h3-5,11-12H,1-2,6-7H2,(H,21,22)/t11-,12-/m0/s1. The maximum atomic E-state index is 12.0. The van der Waals surface area contributed by atoms with Crippen molar-refractivity contribution in [3.05, 3.63) is 28.2 Å². The van der Waals surface area contributed by atoms with Gasteiger partial charge in [0.15, 0.2) is 15.0 Å². The summed E-state index contributed by atoms with van der Waals surface area (Å²) < 4.78 is 24.0. The molecule has 0 spiro atoms. The number of hydrogen-bond donors (Lipinski definition) is 1. The fraction of sp³-hybridized carbons (Fsp3) is 0.400. The van der Waals surface area contributed by atoms with Gasteiger partial charge in [0, 0.05) is 27.4 Å². The van der Waals surface area contributed by atoms with Gasteiger partial charge in [0.25, 0.3) is 0 Å². The van der Waals surface area contributed by atoms with E-state index >= 15 is 0 Å². The van der Waals surface area contributed by atoms with Gasteiger partial charge in [-0.25, -0.2) is 8.42 Å². The van der Waals surface area contributed by atoms with E-state index in [9.17, 15) is 18.0 Å². The highest BCUT2D eigenvalue weighted by molar-refractivity contribution is 8.16. The first-order valence-electron chi connectivity index (χ1n) is 7.60. The number of carbonyl (C=O) groups excluding carboxylic acids is 1. The van der Waals surface area contributed by atoms with Crippen LogP contribution >= 0.6 is 35.0 Å². The second-order valence-corrected chi connectivity index (χ2v) is 10.2. The van der Waals surface area contributed by atoms with Gasteiger partial charge < -0.3 is 10.0 Å². The first-order valence-corrected chi connectivity index (χ1v) is 11.1. The molecule has 7 nitrogen and oxygen atoms in total. The third-order valence-electron chi connectivity index (χ3n) is 3.97. The van der Waals surface area contributed by atoms with Gasteiger partial charge >= 0.3 is 5.97 Å². The minimum absolute atomic E-state index is 0.00450. The topological polar surface area (TPSA) is 104 Å². The number of carboxylic acids is 1. The fourth-order valence-electron chi connectivity index (χ4n) is 2.92. The van der Waals surface area contributed by atoms with Gasteiger partial charge in [-0.05, 0) is 18.2 Å². The molecule has 0 unspecified atom stereocenters. The summed E-state index contributed by atoms with van der Waals surface area (Å²) in [5.41, 5.74) is 0.546. The molecule has 0 saturated carbocycles. The number of anilines is 1. The number of nitrogens with zero attached hydrogens (tertiary/aromatic N) is 2. The van der Waals surface area contributed by atoms with Crippen molar-refractivity contribution in [2.75, 3.05) is 16.4 Å². The lowest BCUT2D eigenvalue weighted by atomic mass is 10.2. The summed E-state index contributed by atoms with van der Waals surface area (Å²) >= 11 is 13.3. The third-order valence-corrected chi connectivity index (χ3v) is 7.61. The molecule has 140 valence electrons. The molecule has 2 heterocycles. The summed E-state index contributed by atoms with van der Waals surface area (Å²) in [5, 5.41) is 9.51. The van der Waals surface area contributed by atoms with Crippen LogP contribution in [-0.4, -0.2) is 53.4 Å². The number of fused-ring (bicyclic) bond motifs is 1. The minimum Gasteiger partial charge on any atom is -0.481 e. The highest BCUT2D eigenvalue weighted by Gasteiger charge is 2.49. The normalized spacial score (nSPS) is 25.5. The van der Waals surface area contributed by atoms with Gasteiger partial charge in [-0.3, -0.25) is 9.59 Å². The van der Waals surface area contributed by atoms with Crippen LogP contribution in [0.25, 0.3) is 0 Å². The largest absolute Gasteiger partial charge is 0.481 e. The Morgan fingerprint density at radius 3 is 2.46 bits per heavy atom. The van der Waals surface area contributed by atoms with Gasteiger partial charge in [-0.15, -0.1) is 0 Å². The molecule has 1 aromatic carbocycles. The highest BCUT2D eigenvalue weighted by atomic mass is 35.5. The molecular formula is C15H14Cl2N2O5S2. The van der Waals surface area contributed by atoms with E-state index in [2.05, 4.69) is 4.99 Å². The molecular weight excluding hydrogens is 423 g/mol. The Balaban J connectivity index is 1.96. The zero-order valence-electron chi connectivity index (χ0n) is 13.3. The van der Waals surface area contributed by atoms with Crippen LogP contribution in [-0.2, 0) is 19.4 Å². The van der Waals surface area contributed by atoms with E-state index in [0.29, 0.717) is 20.9 Å². The van der Waals surface area contributed by atoms with Crippen LogP contribution in [0, 0.1) is 0 Å². The number of rotatable bonds is 4. The molecule has 26 heavy (non-hydrogen) atoms. The molecule has 1 N–H and O–H groups in total. The van der Waals surface area contributed by atoms with E-state index < -0.39 is 21.7 Å². The summed E-state index contributed by atoms with van der Waals surface area (Å²) in [6, 6.07) is 4.41. The van der Waals surface area contributed by atoms with Gasteiger partial charge in [0.2, 0.25) is 5.91 Å². The molecule has 11 heteroatoms. The second kappa shape index (κ2) is 7.38. The first-order chi connectivity index (χ1) is 12.1. The van der Waals surface area contributed by atoms with Crippen molar-refractivity contribution in [2.24, 2.45) is 4.99 Å². The van der Waals surface area contributed by atoms with Gasteiger partial charge in [-0.1, -0.05) is 35.0 Å². The lowest BCUT2D eigenvalue weighted by Gasteiger charge is -2.24. The smallest absolute Gasteiger partial charge is 0.303 e. The molecule has 2 fully saturated rings. The summed E-state index contributed by atoms with van der Waals surface area (Å²) in [6.45, 7) is 0. The van der Waals surface area contributed by atoms with Crippen molar-refractivity contribution in [1.82, 2.24) is 0 Å². The van der Waals surface area contributed by atoms with Gasteiger partial charge in [0.1, 0.15) is 0 Å². The van der Waals surface area contributed by atoms with Crippen molar-refractivity contribution in [2.45, 2.75) is 24.1 Å². The van der Waals surface area contributed by atoms with Crippen LogP contribution in [0.4, 0.5) is 5.69 Å². The zero-order valence-corrected chi connectivity index (χ0v) is 16.4. The number of thioether (sulfide) groups is 1. The highest BCUT2D eigenvalue weighted by Crippen LogP contribution is 2.42. The van der Waals surface area contributed by atoms with E-state index in [-0.39, 0.29) is 35.6 Å². The van der Waals surface area contributed by atoms with E-state index in [1.165, 1.54) is 11.8 Å². The van der Waals surface area contributed by atoms with Gasteiger partial charge in [0.05, 0.1) is 24.0 Å². The van der Waals surface area contributed by atoms with E-state index in [1.54, 1.807) is 23.1 Å². The number of benzene rings is 1. The Kier molecular flexibility index (Phi) is 5.53. The molecule has 1 aromatic rings. The number of carboxylic acid groups (broad SMARTS) is 1. The van der Waals surface area contributed by atoms with Gasteiger partial charge in [-0.2, -0.15) is 4.99 Å². The molecule has 0 aromatic heterocycles. The van der Waals surface area contributed by atoms with Crippen molar-refractivity contribution in [3.63, 3.8) is 0 Å². The Labute approximate surface area is 164 Å². The first kappa shape index (κ1) is 19.5. The number of sulfone groups is 1. The number of hydrogen-bond acceptors (Lipinski definition) is 5. The van der Waals surface area contributed by atoms with Crippen LogP contribution in [0.5, 0.6) is 0 Å². The van der Waals surface area contributed by atoms with Crippen molar-refractivity contribution in [1.29, 1.82) is 0 Å². The molecule has 2 atom stereocenters. The number of aliphatic imine (C=N–C) groups is 1. The number of halogens is 2. The number of carbonyl (C=O) groups is 2. The van der Waals surface area contributed by atoms with E-state index in [1.807, 2.05) is 0 Å². The number of amides is 1. The van der Waals surface area contributed by atoms with Crippen molar-refractivity contribution in [3.8, 4) is 0 Å². The summed E-state index contributed by atoms with van der Waals surface area (Å²) in [4.78, 5) is 28.3. The second-order valence-electron chi connectivity index (χ2n) is 5.98. The molecule has 0 aliphatic carbocycles. The Bertz CT molecular complexity index is 883. The predicted molar refractivity (Wildman–Crippen MR) is 102 cm³/mol. The summed E-state index contributed by atoms with van der Waals surface area (Å²) in [7, 11) is -3.19. The van der Waals surface area contributed by atoms with Crippen LogP contribution in [0.2, 0.25) is 10.0 Å². The SMILES string of the molecule is O=C(O)CCC(=O)N=C1S[C@H]2CS(=O)(=O)C[C@@H]2N1c1cc(Cl)cc(Cl)c1. The van der Waals surface area contributed by atoms with Crippen LogP contribution in [0.15, 0.2) is 23.2 Å². The lowest BCUT2D eigenvalue weighted by molar-refractivity contribution is -0.138. The van der Waals surface area contributed by atoms with Crippen molar-refractivity contribution >= 4 is 67.5 Å². The maximum Gasteiger partial charge on any atom is 0.303 e. The molecule has 3 rings (SSSR count). The quantitative estimate of drug-likeness (QED) is 0.772. The summed E-state index contributed by atoms with van der Waals surface area (Å²) in [5.74, 6) is -1.72. The molecule has 1 amide bonds. The average molecular weight is 437 g/mol. The molecule has 2 aliphatic rings. The minimum atomic E-state index is -3.19. The number of amidine groups is 1. The summed E-state index contributed by atoms with van der Waals surface area (Å²) in [6.07, 6.45) is -0.540. The average Bonchev–Trinajstić information content (AvgIpc) is 2.94. The Morgan fingerprint density at radius 2 is 1.85 bits per heavy atom. The third kappa shape index (κ3) is 4.33. The molecule has 2 aliphatic heterocycles. The number of aliphatic carboxylic acids is 1. The lowest BCUT2D eigenvalue weighted by Crippen LogP contribution is -2.37. The predicted octanol–water partition coefficient (Wildman–Crippen LogP) is 2.46.